The summed E-state index contributed by atoms with van der Waals surface area (Å²) in [6.45, 7) is 6.76. The molecule has 110 valence electrons. The van der Waals surface area contributed by atoms with Gasteiger partial charge >= 0.3 is 5.97 Å². The summed E-state index contributed by atoms with van der Waals surface area (Å²) in [6.07, 6.45) is 4.30. The highest BCUT2D eigenvalue weighted by atomic mass is 32.2. The number of amides is 1. The third kappa shape index (κ3) is 4.41. The Labute approximate surface area is 119 Å². The molecule has 4 nitrogen and oxygen atoms in total. The Morgan fingerprint density at radius 1 is 1.32 bits per heavy atom. The Bertz CT molecular complexity index is 344. The van der Waals surface area contributed by atoms with E-state index in [-0.39, 0.29) is 16.6 Å². The van der Waals surface area contributed by atoms with Gasteiger partial charge in [0.15, 0.2) is 0 Å². The van der Waals surface area contributed by atoms with E-state index in [1.54, 1.807) is 11.8 Å². The van der Waals surface area contributed by atoms with Crippen molar-refractivity contribution < 1.29 is 14.7 Å². The van der Waals surface area contributed by atoms with Crippen LogP contribution < -0.4 is 5.32 Å². The first kappa shape index (κ1) is 16.3. The van der Waals surface area contributed by atoms with Crippen LogP contribution in [0, 0.1) is 17.8 Å². The van der Waals surface area contributed by atoms with Crippen molar-refractivity contribution in [3.8, 4) is 0 Å². The maximum absolute atomic E-state index is 12.2. The molecule has 0 aromatic heterocycles. The van der Waals surface area contributed by atoms with Gasteiger partial charge in [0.05, 0.1) is 11.8 Å². The number of hydrogen-bond acceptors (Lipinski definition) is 3. The monoisotopic (exact) mass is 287 g/mol. The van der Waals surface area contributed by atoms with Gasteiger partial charge < -0.3 is 10.4 Å². The normalized spacial score (nSPS) is 27.3. The third-order valence-corrected chi connectivity index (χ3v) is 5.38. The number of carbonyl (C=O) groups excluding carboxylic acids is 1. The molecule has 1 aliphatic carbocycles. The van der Waals surface area contributed by atoms with Gasteiger partial charge in [-0.1, -0.05) is 13.3 Å². The van der Waals surface area contributed by atoms with Crippen LogP contribution in [0.2, 0.25) is 0 Å². The van der Waals surface area contributed by atoms with Gasteiger partial charge in [-0.2, -0.15) is 11.8 Å². The van der Waals surface area contributed by atoms with Crippen LogP contribution in [0.15, 0.2) is 0 Å². The van der Waals surface area contributed by atoms with Gasteiger partial charge in [0.2, 0.25) is 5.91 Å². The number of rotatable bonds is 6. The van der Waals surface area contributed by atoms with Crippen LogP contribution >= 0.6 is 11.8 Å². The first-order chi connectivity index (χ1) is 8.80. The molecule has 0 radical (unpaired) electrons. The van der Waals surface area contributed by atoms with E-state index in [9.17, 15) is 14.7 Å². The highest BCUT2D eigenvalue weighted by molar-refractivity contribution is 7.99. The zero-order valence-electron chi connectivity index (χ0n) is 12.2. The van der Waals surface area contributed by atoms with Crippen molar-refractivity contribution in [1.82, 2.24) is 5.32 Å². The highest BCUT2D eigenvalue weighted by Gasteiger charge is 2.42. The Kier molecular flexibility index (Phi) is 5.71. The van der Waals surface area contributed by atoms with Crippen LogP contribution in [0.25, 0.3) is 0 Å². The summed E-state index contributed by atoms with van der Waals surface area (Å²) >= 11 is 1.69. The van der Waals surface area contributed by atoms with Crippen LogP contribution in [0.5, 0.6) is 0 Å². The van der Waals surface area contributed by atoms with Gasteiger partial charge in [-0.15, -0.1) is 0 Å². The molecule has 5 heteroatoms. The minimum Gasteiger partial charge on any atom is -0.481 e. The van der Waals surface area contributed by atoms with Crippen molar-refractivity contribution in [2.75, 3.05) is 12.8 Å². The molecule has 1 unspecified atom stereocenters. The molecule has 0 bridgehead atoms. The number of hydrogen-bond donors (Lipinski definition) is 2. The molecule has 0 aromatic rings. The first-order valence-corrected chi connectivity index (χ1v) is 8.09. The molecule has 1 rings (SSSR count). The van der Waals surface area contributed by atoms with E-state index in [0.29, 0.717) is 25.3 Å². The van der Waals surface area contributed by atoms with E-state index < -0.39 is 11.9 Å². The lowest BCUT2D eigenvalue weighted by Crippen LogP contribution is -2.41. The van der Waals surface area contributed by atoms with Crippen LogP contribution in [0.4, 0.5) is 0 Å². The maximum Gasteiger partial charge on any atom is 0.307 e. The van der Waals surface area contributed by atoms with Crippen molar-refractivity contribution >= 4 is 23.6 Å². The van der Waals surface area contributed by atoms with Crippen LogP contribution in [0.3, 0.4) is 0 Å². The standard InChI is InChI=1S/C14H25NO3S/c1-5-9-6-10(11(7-9)13(17)18)12(16)15-8-14(2,3)19-4/h9-11H,5-8H2,1-4H3,(H,15,16)(H,17,18)/t9?,10-,11+/m0/s1. The highest BCUT2D eigenvalue weighted by Crippen LogP contribution is 2.38. The van der Waals surface area contributed by atoms with Gasteiger partial charge in [-0.3, -0.25) is 9.59 Å². The summed E-state index contributed by atoms with van der Waals surface area (Å²) in [4.78, 5) is 23.5. The van der Waals surface area contributed by atoms with Crippen molar-refractivity contribution in [1.29, 1.82) is 0 Å². The SMILES string of the molecule is CCC1C[C@H](C(=O)NCC(C)(C)SC)[C@H](C(=O)O)C1. The fourth-order valence-electron chi connectivity index (χ4n) is 2.54. The molecule has 1 fully saturated rings. The van der Waals surface area contributed by atoms with E-state index in [4.69, 9.17) is 0 Å². The molecule has 3 atom stereocenters. The molecule has 0 heterocycles. The van der Waals surface area contributed by atoms with Gasteiger partial charge in [0.1, 0.15) is 0 Å². The summed E-state index contributed by atoms with van der Waals surface area (Å²) in [5, 5.41) is 12.2. The average molecular weight is 287 g/mol. The van der Waals surface area contributed by atoms with Crippen LogP contribution in [-0.2, 0) is 9.59 Å². The fraction of sp³-hybridized carbons (Fsp3) is 0.857. The molecule has 19 heavy (non-hydrogen) atoms. The van der Waals surface area contributed by atoms with Crippen LogP contribution in [0.1, 0.15) is 40.0 Å². The number of carboxylic acid groups (broad SMARTS) is 1. The number of thioether (sulfide) groups is 1. The summed E-state index contributed by atoms with van der Waals surface area (Å²) in [5.74, 6) is -1.43. The lowest BCUT2D eigenvalue weighted by molar-refractivity contribution is -0.146. The van der Waals surface area contributed by atoms with E-state index >= 15 is 0 Å². The van der Waals surface area contributed by atoms with Crippen molar-refractivity contribution in [2.24, 2.45) is 17.8 Å². The minimum atomic E-state index is -0.833. The number of carboxylic acids is 1. The second-order valence-electron chi connectivity index (χ2n) is 5.98. The molecule has 1 amide bonds. The summed E-state index contributed by atoms with van der Waals surface area (Å²) in [7, 11) is 0. The molecular formula is C14H25NO3S. The largest absolute Gasteiger partial charge is 0.481 e. The Balaban J connectivity index is 2.62. The quantitative estimate of drug-likeness (QED) is 0.787. The minimum absolute atomic E-state index is 0.0167. The predicted octanol–water partition coefficient (Wildman–Crippen LogP) is 2.38. The Hall–Kier alpha value is -0.710. The summed E-state index contributed by atoms with van der Waals surface area (Å²) in [5.41, 5.74) is 0. The molecule has 0 aromatic carbocycles. The average Bonchev–Trinajstić information content (AvgIpc) is 2.80. The van der Waals surface area contributed by atoms with Crippen molar-refractivity contribution in [3.63, 3.8) is 0 Å². The predicted molar refractivity (Wildman–Crippen MR) is 78.2 cm³/mol. The smallest absolute Gasteiger partial charge is 0.307 e. The van der Waals surface area contributed by atoms with Gasteiger partial charge in [-0.25, -0.2) is 0 Å². The number of nitrogens with one attached hydrogen (secondary N) is 1. The number of carbonyl (C=O) groups is 2. The second-order valence-corrected chi connectivity index (χ2v) is 7.49. The van der Waals surface area contributed by atoms with E-state index in [0.717, 1.165) is 6.42 Å². The first-order valence-electron chi connectivity index (χ1n) is 6.86. The third-order valence-electron chi connectivity index (χ3n) is 4.13. The molecular weight excluding hydrogens is 262 g/mol. The van der Waals surface area contributed by atoms with E-state index in [1.807, 2.05) is 6.26 Å². The van der Waals surface area contributed by atoms with E-state index in [2.05, 4.69) is 26.1 Å². The Morgan fingerprint density at radius 2 is 1.89 bits per heavy atom. The molecule has 1 aliphatic rings. The van der Waals surface area contributed by atoms with Crippen molar-refractivity contribution in [3.05, 3.63) is 0 Å². The summed E-state index contributed by atoms with van der Waals surface area (Å²) in [6, 6.07) is 0. The topological polar surface area (TPSA) is 66.4 Å². The maximum atomic E-state index is 12.2. The second kappa shape index (κ2) is 6.64. The Morgan fingerprint density at radius 3 is 2.37 bits per heavy atom. The molecule has 1 saturated carbocycles. The molecule has 0 spiro atoms. The van der Waals surface area contributed by atoms with Gasteiger partial charge in [0.25, 0.3) is 0 Å². The molecule has 0 aliphatic heterocycles. The zero-order chi connectivity index (χ0) is 14.6. The number of aliphatic carboxylic acids is 1. The lowest BCUT2D eigenvalue weighted by atomic mass is 9.95. The lowest BCUT2D eigenvalue weighted by Gasteiger charge is -2.24. The molecule has 0 saturated heterocycles. The molecule has 2 N–H and O–H groups in total. The van der Waals surface area contributed by atoms with Gasteiger partial charge in [-0.05, 0) is 38.9 Å². The fourth-order valence-corrected chi connectivity index (χ4v) is 2.76. The van der Waals surface area contributed by atoms with Crippen LogP contribution in [-0.4, -0.2) is 34.5 Å². The van der Waals surface area contributed by atoms with E-state index in [1.165, 1.54) is 0 Å². The summed E-state index contributed by atoms with van der Waals surface area (Å²) < 4.78 is -0.0167. The zero-order valence-corrected chi connectivity index (χ0v) is 13.0. The van der Waals surface area contributed by atoms with Gasteiger partial charge in [0, 0.05) is 11.3 Å². The van der Waals surface area contributed by atoms with Crippen molar-refractivity contribution in [2.45, 2.75) is 44.8 Å².